The number of rotatable bonds is 11. The number of ether oxygens (including phenoxy) is 4. The van der Waals surface area contributed by atoms with Crippen molar-refractivity contribution in [1.82, 2.24) is 10.3 Å². The Kier molecular flexibility index (Phi) is 10.4. The molecule has 0 unspecified atom stereocenters. The van der Waals surface area contributed by atoms with E-state index in [4.69, 9.17) is 42.1 Å². The Bertz CT molecular complexity index is 1090. The van der Waals surface area contributed by atoms with E-state index in [1.807, 2.05) is 0 Å². The summed E-state index contributed by atoms with van der Waals surface area (Å²) in [6.07, 6.45) is 1.96. The molecule has 11 heteroatoms. The van der Waals surface area contributed by atoms with Gasteiger partial charge in [-0.05, 0) is 32.0 Å². The van der Waals surface area contributed by atoms with Gasteiger partial charge in [0, 0.05) is 30.6 Å². The molecule has 0 fully saturated rings. The summed E-state index contributed by atoms with van der Waals surface area (Å²) in [5, 5.41) is 3.24. The van der Waals surface area contributed by atoms with Gasteiger partial charge in [0.2, 0.25) is 5.75 Å². The molecule has 0 spiro atoms. The van der Waals surface area contributed by atoms with Crippen LogP contribution in [0.1, 0.15) is 37.7 Å². The van der Waals surface area contributed by atoms with E-state index in [-0.39, 0.29) is 17.2 Å². The molecule has 0 aliphatic heterocycles. The first-order chi connectivity index (χ1) is 16.6. The summed E-state index contributed by atoms with van der Waals surface area (Å²) in [5.41, 5.74) is -0.225. The monoisotopic (exact) mass is 524 g/mol. The van der Waals surface area contributed by atoms with E-state index < -0.39 is 36.1 Å². The standard InChI is InChI=1S/C24H26Cl2N2O7/c1-6-7-18(35-19-9-8-16(25)12-17(19)26)14(3)33-24(31)13(2)28-23(30)21-22(34-15(4)29)20(32-5)10-11-27-21/h6,8-14,18H,1,7H2,2-5H3,(H,28,30)/t13-,14-,18+/m0/s1. The van der Waals surface area contributed by atoms with Crippen LogP contribution < -0.4 is 19.5 Å². The fraction of sp³-hybridized carbons (Fsp3) is 0.333. The maximum absolute atomic E-state index is 12.8. The molecule has 2 aromatic rings. The number of methoxy groups -OCH3 is 1. The number of carbonyl (C=O) groups is 3. The SMILES string of the molecule is C=CC[C@@H](Oc1ccc(Cl)cc1Cl)[C@H](C)OC(=O)[C@H](C)NC(=O)c1nccc(OC)c1OC(C)=O. The Morgan fingerprint density at radius 1 is 1.17 bits per heavy atom. The summed E-state index contributed by atoms with van der Waals surface area (Å²) in [4.78, 5) is 40.9. The normalized spacial score (nSPS) is 13.1. The lowest BCUT2D eigenvalue weighted by atomic mass is 10.1. The van der Waals surface area contributed by atoms with Gasteiger partial charge in [-0.3, -0.25) is 9.59 Å². The molecule has 2 rings (SSSR count). The van der Waals surface area contributed by atoms with E-state index in [0.717, 1.165) is 0 Å². The van der Waals surface area contributed by atoms with Gasteiger partial charge in [0.1, 0.15) is 24.0 Å². The molecule has 0 aliphatic carbocycles. The molecule has 0 bridgehead atoms. The fourth-order valence-electron chi connectivity index (χ4n) is 2.91. The molecule has 0 saturated carbocycles. The summed E-state index contributed by atoms with van der Waals surface area (Å²) >= 11 is 12.1. The van der Waals surface area contributed by atoms with Crippen molar-refractivity contribution >= 4 is 41.0 Å². The smallest absolute Gasteiger partial charge is 0.328 e. The number of esters is 2. The minimum absolute atomic E-state index is 0.134. The number of nitrogens with zero attached hydrogens (tertiary/aromatic N) is 1. The lowest BCUT2D eigenvalue weighted by Crippen LogP contribution is -2.43. The van der Waals surface area contributed by atoms with Gasteiger partial charge >= 0.3 is 11.9 Å². The van der Waals surface area contributed by atoms with Crippen LogP contribution >= 0.6 is 23.2 Å². The van der Waals surface area contributed by atoms with Crippen molar-refractivity contribution in [3.05, 3.63) is 58.9 Å². The zero-order valence-corrected chi connectivity index (χ0v) is 21.2. The second kappa shape index (κ2) is 13.0. The molecular weight excluding hydrogens is 499 g/mol. The van der Waals surface area contributed by atoms with E-state index in [9.17, 15) is 14.4 Å². The Labute approximate surface area is 213 Å². The molecule has 9 nitrogen and oxygen atoms in total. The predicted molar refractivity (Wildman–Crippen MR) is 130 cm³/mol. The van der Waals surface area contributed by atoms with Crippen LogP contribution in [0.4, 0.5) is 0 Å². The van der Waals surface area contributed by atoms with Crippen LogP contribution in [0.3, 0.4) is 0 Å². The van der Waals surface area contributed by atoms with E-state index in [1.54, 1.807) is 25.1 Å². The minimum Gasteiger partial charge on any atom is -0.493 e. The highest BCUT2D eigenvalue weighted by molar-refractivity contribution is 6.35. The number of halogens is 2. The van der Waals surface area contributed by atoms with Gasteiger partial charge in [-0.1, -0.05) is 29.3 Å². The van der Waals surface area contributed by atoms with Gasteiger partial charge < -0.3 is 24.3 Å². The van der Waals surface area contributed by atoms with Crippen LogP contribution in [-0.2, 0) is 14.3 Å². The molecule has 3 atom stereocenters. The van der Waals surface area contributed by atoms with Crippen LogP contribution in [0.25, 0.3) is 0 Å². The molecule has 1 aromatic carbocycles. The summed E-state index contributed by atoms with van der Waals surface area (Å²) in [6.45, 7) is 7.97. The summed E-state index contributed by atoms with van der Waals surface area (Å²) in [7, 11) is 1.35. The maximum atomic E-state index is 12.8. The van der Waals surface area contributed by atoms with Crippen molar-refractivity contribution in [2.45, 2.75) is 45.4 Å². The molecule has 0 radical (unpaired) electrons. The number of aromatic nitrogens is 1. The molecule has 1 heterocycles. The topological polar surface area (TPSA) is 113 Å². The number of nitrogens with one attached hydrogen (secondary N) is 1. The van der Waals surface area contributed by atoms with E-state index in [0.29, 0.717) is 22.2 Å². The van der Waals surface area contributed by atoms with Crippen LogP contribution in [0, 0.1) is 0 Å². The summed E-state index contributed by atoms with van der Waals surface area (Å²) in [5.74, 6) is -1.80. The first-order valence-corrected chi connectivity index (χ1v) is 11.3. The van der Waals surface area contributed by atoms with Gasteiger partial charge in [0.25, 0.3) is 5.91 Å². The lowest BCUT2D eigenvalue weighted by molar-refractivity contribution is -0.154. The van der Waals surface area contributed by atoms with Gasteiger partial charge in [0.05, 0.1) is 12.1 Å². The Morgan fingerprint density at radius 2 is 1.89 bits per heavy atom. The van der Waals surface area contributed by atoms with Gasteiger partial charge in [-0.25, -0.2) is 9.78 Å². The van der Waals surface area contributed by atoms with Crippen molar-refractivity contribution < 1.29 is 33.3 Å². The number of hydrogen-bond acceptors (Lipinski definition) is 8. The molecule has 1 aromatic heterocycles. The van der Waals surface area contributed by atoms with Crippen LogP contribution in [-0.4, -0.2) is 48.2 Å². The van der Waals surface area contributed by atoms with Crippen LogP contribution in [0.2, 0.25) is 10.0 Å². The molecule has 188 valence electrons. The average Bonchev–Trinajstić information content (AvgIpc) is 2.79. The number of pyridine rings is 1. The molecule has 0 aliphatic rings. The first-order valence-electron chi connectivity index (χ1n) is 10.5. The number of benzene rings is 1. The Balaban J connectivity index is 2.09. The zero-order chi connectivity index (χ0) is 26.1. The maximum Gasteiger partial charge on any atom is 0.328 e. The third-order valence-electron chi connectivity index (χ3n) is 4.65. The third-order valence-corrected chi connectivity index (χ3v) is 5.18. The first kappa shape index (κ1) is 27.9. The third kappa shape index (κ3) is 7.87. The van der Waals surface area contributed by atoms with Gasteiger partial charge in [-0.15, -0.1) is 6.58 Å². The number of hydrogen-bond donors (Lipinski definition) is 1. The number of carbonyl (C=O) groups excluding carboxylic acids is 3. The lowest BCUT2D eigenvalue weighted by Gasteiger charge is -2.26. The Morgan fingerprint density at radius 3 is 2.49 bits per heavy atom. The van der Waals surface area contributed by atoms with E-state index in [1.165, 1.54) is 39.3 Å². The average molecular weight is 525 g/mol. The predicted octanol–water partition coefficient (Wildman–Crippen LogP) is 4.40. The quantitative estimate of drug-likeness (QED) is 0.340. The highest BCUT2D eigenvalue weighted by Crippen LogP contribution is 2.31. The molecule has 0 saturated heterocycles. The van der Waals surface area contributed by atoms with Crippen LogP contribution in [0.5, 0.6) is 17.2 Å². The highest BCUT2D eigenvalue weighted by atomic mass is 35.5. The second-order valence-corrected chi connectivity index (χ2v) is 8.22. The molecule has 1 N–H and O–H groups in total. The van der Waals surface area contributed by atoms with Crippen LogP contribution in [0.15, 0.2) is 43.1 Å². The highest BCUT2D eigenvalue weighted by Gasteiger charge is 2.28. The van der Waals surface area contributed by atoms with Gasteiger partial charge in [-0.2, -0.15) is 0 Å². The molecule has 35 heavy (non-hydrogen) atoms. The van der Waals surface area contributed by atoms with Crippen molar-refractivity contribution in [3.8, 4) is 17.2 Å². The molecular formula is C24H26Cl2N2O7. The van der Waals surface area contributed by atoms with Crippen molar-refractivity contribution in [2.24, 2.45) is 0 Å². The summed E-state index contributed by atoms with van der Waals surface area (Å²) < 4.78 is 21.6. The minimum atomic E-state index is -1.06. The van der Waals surface area contributed by atoms with E-state index >= 15 is 0 Å². The Hall–Kier alpha value is -3.30. The van der Waals surface area contributed by atoms with E-state index in [2.05, 4.69) is 16.9 Å². The van der Waals surface area contributed by atoms with Gasteiger partial charge in [0.15, 0.2) is 11.4 Å². The summed E-state index contributed by atoms with van der Waals surface area (Å²) in [6, 6.07) is 5.14. The largest absolute Gasteiger partial charge is 0.493 e. The van der Waals surface area contributed by atoms with Crippen molar-refractivity contribution in [1.29, 1.82) is 0 Å². The molecule has 1 amide bonds. The van der Waals surface area contributed by atoms with Crippen molar-refractivity contribution in [2.75, 3.05) is 7.11 Å². The zero-order valence-electron chi connectivity index (χ0n) is 19.7. The van der Waals surface area contributed by atoms with Crippen molar-refractivity contribution in [3.63, 3.8) is 0 Å². The fourth-order valence-corrected chi connectivity index (χ4v) is 3.37. The second-order valence-electron chi connectivity index (χ2n) is 7.38. The number of amides is 1.